The molecule has 0 saturated carbocycles. The molecule has 4 nitrogen and oxygen atoms in total. The minimum atomic E-state index is 0.0257. The predicted molar refractivity (Wildman–Crippen MR) is 77.1 cm³/mol. The van der Waals surface area contributed by atoms with Gasteiger partial charge in [-0.15, -0.1) is 0 Å². The molecule has 0 heterocycles. The van der Waals surface area contributed by atoms with Crippen LogP contribution in [0.15, 0.2) is 18.2 Å². The fraction of sp³-hybridized carbons (Fsp3) is 0.467. The average Bonchev–Trinajstić information content (AvgIpc) is 2.35. The Morgan fingerprint density at radius 2 is 2.00 bits per heavy atom. The number of hydrogen-bond donors (Lipinski definition) is 0. The van der Waals surface area contributed by atoms with Gasteiger partial charge < -0.3 is 9.80 Å². The molecule has 1 aromatic rings. The van der Waals surface area contributed by atoms with E-state index in [1.165, 1.54) is 5.56 Å². The number of rotatable bonds is 5. The molecule has 4 heteroatoms. The van der Waals surface area contributed by atoms with E-state index in [0.717, 1.165) is 11.3 Å². The lowest BCUT2D eigenvalue weighted by atomic mass is 10.1. The Hall–Kier alpha value is -2.02. The predicted octanol–water partition coefficient (Wildman–Crippen LogP) is 2.11. The molecule has 1 amide bonds. The number of anilines is 1. The smallest absolute Gasteiger partial charge is 0.241 e. The van der Waals surface area contributed by atoms with Crippen molar-refractivity contribution >= 4 is 11.6 Å². The van der Waals surface area contributed by atoms with Crippen LogP contribution in [0.2, 0.25) is 0 Å². The van der Waals surface area contributed by atoms with Crippen molar-refractivity contribution in [1.29, 1.82) is 5.26 Å². The highest BCUT2D eigenvalue weighted by atomic mass is 16.2. The summed E-state index contributed by atoms with van der Waals surface area (Å²) in [5.74, 6) is 0.0257. The number of hydrogen-bond acceptors (Lipinski definition) is 3. The van der Waals surface area contributed by atoms with E-state index in [9.17, 15) is 4.79 Å². The molecular weight excluding hydrogens is 238 g/mol. The topological polar surface area (TPSA) is 47.3 Å². The minimum Gasteiger partial charge on any atom is -0.365 e. The van der Waals surface area contributed by atoms with Gasteiger partial charge in [0.25, 0.3) is 0 Å². The lowest BCUT2D eigenvalue weighted by Gasteiger charge is -2.24. The number of nitriles is 1. The number of nitrogens with zero attached hydrogens (tertiary/aromatic N) is 3. The van der Waals surface area contributed by atoms with E-state index >= 15 is 0 Å². The summed E-state index contributed by atoms with van der Waals surface area (Å²) in [6.07, 6.45) is 0.371. The number of carbonyl (C=O) groups excluding carboxylic acids is 1. The fourth-order valence-electron chi connectivity index (χ4n) is 1.98. The molecule has 0 N–H and O–H groups in total. The van der Waals surface area contributed by atoms with Crippen LogP contribution in [0, 0.1) is 25.2 Å². The molecule has 0 aliphatic rings. The van der Waals surface area contributed by atoms with Crippen LogP contribution in [0.1, 0.15) is 17.5 Å². The van der Waals surface area contributed by atoms with Crippen LogP contribution in [-0.4, -0.2) is 38.0 Å². The summed E-state index contributed by atoms with van der Waals surface area (Å²) in [5, 5.41) is 8.52. The van der Waals surface area contributed by atoms with Crippen LogP contribution in [0.5, 0.6) is 0 Å². The monoisotopic (exact) mass is 259 g/mol. The van der Waals surface area contributed by atoms with Gasteiger partial charge in [-0.05, 0) is 25.5 Å². The van der Waals surface area contributed by atoms with Gasteiger partial charge >= 0.3 is 0 Å². The van der Waals surface area contributed by atoms with Gasteiger partial charge in [0.05, 0.1) is 19.0 Å². The van der Waals surface area contributed by atoms with Crippen LogP contribution < -0.4 is 4.90 Å². The van der Waals surface area contributed by atoms with Crippen molar-refractivity contribution in [2.45, 2.75) is 20.3 Å². The first-order chi connectivity index (χ1) is 8.95. The zero-order valence-corrected chi connectivity index (χ0v) is 12.1. The maximum Gasteiger partial charge on any atom is 0.241 e. The van der Waals surface area contributed by atoms with E-state index in [1.54, 1.807) is 11.9 Å². The fourth-order valence-corrected chi connectivity index (χ4v) is 1.98. The van der Waals surface area contributed by atoms with Gasteiger partial charge in [0, 0.05) is 26.3 Å². The van der Waals surface area contributed by atoms with Gasteiger partial charge in [0.1, 0.15) is 0 Å². The summed E-state index contributed by atoms with van der Waals surface area (Å²) >= 11 is 0. The summed E-state index contributed by atoms with van der Waals surface area (Å²) in [4.78, 5) is 15.5. The van der Waals surface area contributed by atoms with Gasteiger partial charge in [0.15, 0.2) is 0 Å². The summed E-state index contributed by atoms with van der Waals surface area (Å²) in [7, 11) is 3.64. The summed E-state index contributed by atoms with van der Waals surface area (Å²) in [6.45, 7) is 4.90. The molecular formula is C15H21N3O. The average molecular weight is 259 g/mol. The molecule has 0 radical (unpaired) electrons. The zero-order chi connectivity index (χ0) is 14.4. The normalized spacial score (nSPS) is 9.84. The Balaban J connectivity index is 2.66. The Bertz CT molecular complexity index is 491. The Kier molecular flexibility index (Phi) is 5.37. The van der Waals surface area contributed by atoms with Crippen molar-refractivity contribution in [1.82, 2.24) is 4.90 Å². The van der Waals surface area contributed by atoms with Gasteiger partial charge in [0.2, 0.25) is 5.91 Å². The molecule has 0 bridgehead atoms. The maximum absolute atomic E-state index is 12.0. The molecule has 0 atom stereocenters. The maximum atomic E-state index is 12.0. The molecule has 0 saturated heterocycles. The highest BCUT2D eigenvalue weighted by Crippen LogP contribution is 2.19. The molecule has 19 heavy (non-hydrogen) atoms. The lowest BCUT2D eigenvalue weighted by Crippen LogP contribution is -2.37. The van der Waals surface area contributed by atoms with E-state index in [2.05, 4.69) is 13.0 Å². The number of benzene rings is 1. The highest BCUT2D eigenvalue weighted by Gasteiger charge is 2.13. The van der Waals surface area contributed by atoms with Gasteiger partial charge in [-0.3, -0.25) is 4.79 Å². The van der Waals surface area contributed by atoms with Crippen molar-refractivity contribution in [2.24, 2.45) is 0 Å². The summed E-state index contributed by atoms with van der Waals surface area (Å²) < 4.78 is 0. The van der Waals surface area contributed by atoms with Gasteiger partial charge in [-0.25, -0.2) is 0 Å². The molecule has 1 rings (SSSR count). The summed E-state index contributed by atoms with van der Waals surface area (Å²) in [5.41, 5.74) is 3.44. The van der Waals surface area contributed by atoms with Gasteiger partial charge in [-0.1, -0.05) is 17.7 Å². The number of carbonyl (C=O) groups is 1. The SMILES string of the molecule is Cc1ccc(N(C)CC(=O)N(C)CCC#N)c(C)c1. The second-order valence-corrected chi connectivity index (χ2v) is 4.87. The highest BCUT2D eigenvalue weighted by molar-refractivity contribution is 5.81. The van der Waals surface area contributed by atoms with Crippen molar-refractivity contribution in [2.75, 3.05) is 32.1 Å². The van der Waals surface area contributed by atoms with E-state index < -0.39 is 0 Å². The lowest BCUT2D eigenvalue weighted by molar-refractivity contribution is -0.128. The first kappa shape index (κ1) is 15.0. The zero-order valence-electron chi connectivity index (χ0n) is 12.1. The Morgan fingerprint density at radius 3 is 2.58 bits per heavy atom. The number of aryl methyl sites for hydroxylation is 2. The quantitative estimate of drug-likeness (QED) is 0.813. The van der Waals surface area contributed by atoms with E-state index in [1.807, 2.05) is 37.1 Å². The Labute approximate surface area is 115 Å². The largest absolute Gasteiger partial charge is 0.365 e. The second kappa shape index (κ2) is 6.79. The molecule has 102 valence electrons. The van der Waals surface area contributed by atoms with Crippen LogP contribution in [0.3, 0.4) is 0 Å². The van der Waals surface area contributed by atoms with Crippen LogP contribution in [0.4, 0.5) is 5.69 Å². The van der Waals surface area contributed by atoms with E-state index in [0.29, 0.717) is 19.5 Å². The summed E-state index contributed by atoms with van der Waals surface area (Å²) in [6, 6.07) is 8.23. The molecule has 1 aromatic carbocycles. The number of likely N-dealkylation sites (N-methyl/N-ethyl adjacent to an activating group) is 2. The molecule has 0 aromatic heterocycles. The van der Waals surface area contributed by atoms with Crippen molar-refractivity contribution in [3.05, 3.63) is 29.3 Å². The standard InChI is InChI=1S/C15H21N3O/c1-12-6-7-14(13(2)10-12)18(4)11-15(19)17(3)9-5-8-16/h6-7,10H,5,9,11H2,1-4H3. The van der Waals surface area contributed by atoms with Crippen LogP contribution >= 0.6 is 0 Å². The van der Waals surface area contributed by atoms with Gasteiger partial charge in [-0.2, -0.15) is 5.26 Å². The number of amides is 1. The van der Waals surface area contributed by atoms with Crippen LogP contribution in [-0.2, 0) is 4.79 Å². The van der Waals surface area contributed by atoms with Crippen molar-refractivity contribution in [3.8, 4) is 6.07 Å². The molecule has 0 aliphatic carbocycles. The Morgan fingerprint density at radius 1 is 1.32 bits per heavy atom. The van der Waals surface area contributed by atoms with Crippen LogP contribution in [0.25, 0.3) is 0 Å². The second-order valence-electron chi connectivity index (χ2n) is 4.87. The molecule has 0 aliphatic heterocycles. The molecule has 0 spiro atoms. The molecule has 0 unspecified atom stereocenters. The third-order valence-corrected chi connectivity index (χ3v) is 3.12. The third-order valence-electron chi connectivity index (χ3n) is 3.12. The van der Waals surface area contributed by atoms with E-state index in [4.69, 9.17) is 5.26 Å². The van der Waals surface area contributed by atoms with E-state index in [-0.39, 0.29) is 5.91 Å². The first-order valence-corrected chi connectivity index (χ1v) is 6.35. The first-order valence-electron chi connectivity index (χ1n) is 6.35. The van der Waals surface area contributed by atoms with Crippen molar-refractivity contribution < 1.29 is 4.79 Å². The molecule has 0 fully saturated rings. The van der Waals surface area contributed by atoms with Crippen molar-refractivity contribution in [3.63, 3.8) is 0 Å². The third kappa shape index (κ3) is 4.29. The minimum absolute atomic E-state index is 0.0257.